The van der Waals surface area contributed by atoms with Gasteiger partial charge in [-0.15, -0.1) is 0 Å². The lowest BCUT2D eigenvalue weighted by atomic mass is 10.2. The van der Waals surface area contributed by atoms with Crippen molar-refractivity contribution in [1.29, 1.82) is 0 Å². The van der Waals surface area contributed by atoms with E-state index in [1.54, 1.807) is 4.72 Å². The summed E-state index contributed by atoms with van der Waals surface area (Å²) in [5.74, 6) is -3.33. The van der Waals surface area contributed by atoms with Crippen LogP contribution >= 0.6 is 11.6 Å². The largest absolute Gasteiger partial charge is 0.452 e. The molecular formula is C18H18ClF2N3O4S. The number of aromatic nitrogens is 1. The first-order chi connectivity index (χ1) is 13.5. The summed E-state index contributed by atoms with van der Waals surface area (Å²) in [5.41, 5.74) is -0.769. The lowest BCUT2D eigenvalue weighted by molar-refractivity contribution is 0.0977. The Bertz CT molecular complexity index is 1070. The van der Waals surface area contributed by atoms with Gasteiger partial charge in [0.25, 0.3) is 5.91 Å². The van der Waals surface area contributed by atoms with E-state index in [-0.39, 0.29) is 5.75 Å². The predicted molar refractivity (Wildman–Crippen MR) is 104 cm³/mol. The number of ether oxygens (including phenoxy) is 1. The van der Waals surface area contributed by atoms with Gasteiger partial charge in [0.05, 0.1) is 23.0 Å². The van der Waals surface area contributed by atoms with Crippen LogP contribution in [0.3, 0.4) is 0 Å². The van der Waals surface area contributed by atoms with Crippen molar-refractivity contribution in [2.24, 2.45) is 0 Å². The van der Waals surface area contributed by atoms with Gasteiger partial charge in [-0.3, -0.25) is 4.79 Å². The van der Waals surface area contributed by atoms with E-state index in [0.29, 0.717) is 29.0 Å². The molecule has 29 heavy (non-hydrogen) atoms. The molecule has 11 heteroatoms. The van der Waals surface area contributed by atoms with E-state index in [1.807, 2.05) is 0 Å². The van der Waals surface area contributed by atoms with Crippen LogP contribution < -0.4 is 14.4 Å². The summed E-state index contributed by atoms with van der Waals surface area (Å²) < 4.78 is 57.6. The lowest BCUT2D eigenvalue weighted by Gasteiger charge is -2.23. The molecule has 2 aromatic rings. The van der Waals surface area contributed by atoms with E-state index < -0.39 is 38.9 Å². The molecule has 1 amide bonds. The number of nitrogens with one attached hydrogen (secondary N) is 1. The van der Waals surface area contributed by atoms with Crippen molar-refractivity contribution in [1.82, 2.24) is 9.71 Å². The third-order valence-electron chi connectivity index (χ3n) is 4.39. The van der Waals surface area contributed by atoms with E-state index in [1.165, 1.54) is 12.3 Å². The fraction of sp³-hybridized carbons (Fsp3) is 0.333. The molecule has 0 aliphatic carbocycles. The van der Waals surface area contributed by atoms with E-state index in [2.05, 4.69) is 16.8 Å². The standard InChI is InChI=1S/C18H18ClF2N3O4S/c1-10-4-3-5-24(10)17-13(19)6-11(9-22-17)28-16-8-14(20)12(7-15(16)21)18(25)23-29(2,26)27/h6-10H,3-5H2,1-2H3,(H,23,25)/t10-/m1/s1. The zero-order chi connectivity index (χ0) is 21.3. The van der Waals surface area contributed by atoms with Gasteiger partial charge in [0.2, 0.25) is 10.0 Å². The quantitative estimate of drug-likeness (QED) is 0.758. The van der Waals surface area contributed by atoms with Crippen molar-refractivity contribution in [2.45, 2.75) is 25.8 Å². The number of carbonyl (C=O) groups excluding carboxylic acids is 1. The van der Waals surface area contributed by atoms with Crippen LogP contribution in [0.15, 0.2) is 24.4 Å². The van der Waals surface area contributed by atoms with Crippen LogP contribution in [0.5, 0.6) is 11.5 Å². The number of carbonyl (C=O) groups is 1. The minimum atomic E-state index is -3.93. The molecule has 0 unspecified atom stereocenters. The summed E-state index contributed by atoms with van der Waals surface area (Å²) in [6.07, 6.45) is 4.12. The molecule has 1 N–H and O–H groups in total. The molecule has 0 saturated carbocycles. The molecule has 0 spiro atoms. The van der Waals surface area contributed by atoms with E-state index >= 15 is 0 Å². The molecule has 156 valence electrons. The second-order valence-electron chi connectivity index (χ2n) is 6.73. The molecule has 1 aromatic carbocycles. The molecule has 0 radical (unpaired) electrons. The highest BCUT2D eigenvalue weighted by molar-refractivity contribution is 7.89. The maximum atomic E-state index is 14.3. The minimum absolute atomic E-state index is 0.0808. The summed E-state index contributed by atoms with van der Waals surface area (Å²) in [6.45, 7) is 2.89. The van der Waals surface area contributed by atoms with E-state index in [9.17, 15) is 22.0 Å². The van der Waals surface area contributed by atoms with E-state index in [4.69, 9.17) is 16.3 Å². The van der Waals surface area contributed by atoms with Crippen molar-refractivity contribution < 1.29 is 26.7 Å². The Balaban J connectivity index is 1.82. The number of hydrogen-bond donors (Lipinski definition) is 1. The Morgan fingerprint density at radius 2 is 2.03 bits per heavy atom. The zero-order valence-electron chi connectivity index (χ0n) is 15.6. The lowest BCUT2D eigenvalue weighted by Crippen LogP contribution is -2.30. The average Bonchev–Trinajstić information content (AvgIpc) is 3.02. The monoisotopic (exact) mass is 445 g/mol. The number of benzene rings is 1. The second kappa shape index (κ2) is 8.11. The maximum Gasteiger partial charge on any atom is 0.267 e. The van der Waals surface area contributed by atoms with Gasteiger partial charge in [-0.2, -0.15) is 0 Å². The maximum absolute atomic E-state index is 14.3. The van der Waals surface area contributed by atoms with Crippen molar-refractivity contribution in [2.75, 3.05) is 17.7 Å². The fourth-order valence-electron chi connectivity index (χ4n) is 3.06. The zero-order valence-corrected chi connectivity index (χ0v) is 17.2. The molecule has 2 heterocycles. The molecule has 1 aliphatic rings. The Kier molecular flexibility index (Phi) is 5.95. The first-order valence-corrected chi connectivity index (χ1v) is 10.9. The van der Waals surface area contributed by atoms with Crippen LogP contribution in [0.4, 0.5) is 14.6 Å². The van der Waals surface area contributed by atoms with Crippen molar-refractivity contribution in [3.8, 4) is 11.5 Å². The van der Waals surface area contributed by atoms with Gasteiger partial charge in [0.15, 0.2) is 11.6 Å². The van der Waals surface area contributed by atoms with Crippen LogP contribution in [0.25, 0.3) is 0 Å². The number of pyridine rings is 1. The number of halogens is 3. The van der Waals surface area contributed by atoms with Gasteiger partial charge >= 0.3 is 0 Å². The van der Waals surface area contributed by atoms with E-state index in [0.717, 1.165) is 25.6 Å². The highest BCUT2D eigenvalue weighted by Crippen LogP contribution is 2.34. The van der Waals surface area contributed by atoms with Gasteiger partial charge in [-0.25, -0.2) is 26.9 Å². The first kappa shape index (κ1) is 21.3. The Morgan fingerprint density at radius 1 is 1.31 bits per heavy atom. The SMILES string of the molecule is C[C@@H]1CCCN1c1ncc(Oc2cc(F)c(C(=O)NS(C)(=O)=O)cc2F)cc1Cl. The topological polar surface area (TPSA) is 88.6 Å². The third kappa shape index (κ3) is 4.94. The first-order valence-electron chi connectivity index (χ1n) is 8.66. The molecule has 1 aliphatic heterocycles. The molecule has 1 fully saturated rings. The summed E-state index contributed by atoms with van der Waals surface area (Å²) in [6, 6.07) is 2.94. The van der Waals surface area contributed by atoms with Gasteiger partial charge in [0.1, 0.15) is 17.4 Å². The van der Waals surface area contributed by atoms with Crippen molar-refractivity contribution >= 4 is 33.3 Å². The normalized spacial score (nSPS) is 16.7. The highest BCUT2D eigenvalue weighted by Gasteiger charge is 2.24. The van der Waals surface area contributed by atoms with Gasteiger partial charge in [-0.1, -0.05) is 11.6 Å². The van der Waals surface area contributed by atoms with Crippen LogP contribution in [0.1, 0.15) is 30.1 Å². The average molecular weight is 446 g/mol. The number of amides is 1. The Morgan fingerprint density at radius 3 is 2.62 bits per heavy atom. The van der Waals surface area contributed by atoms with Crippen LogP contribution in [-0.4, -0.2) is 38.2 Å². The molecule has 1 saturated heterocycles. The predicted octanol–water partition coefficient (Wildman–Crippen LogP) is 3.48. The molecule has 0 bridgehead atoms. The van der Waals surface area contributed by atoms with Crippen molar-refractivity contribution in [3.63, 3.8) is 0 Å². The number of hydrogen-bond acceptors (Lipinski definition) is 6. The fourth-order valence-corrected chi connectivity index (χ4v) is 3.77. The molecule has 1 atom stereocenters. The molecule has 3 rings (SSSR count). The minimum Gasteiger partial charge on any atom is -0.452 e. The Hall–Kier alpha value is -2.46. The highest BCUT2D eigenvalue weighted by atomic mass is 35.5. The van der Waals surface area contributed by atoms with Crippen molar-refractivity contribution in [3.05, 3.63) is 46.6 Å². The third-order valence-corrected chi connectivity index (χ3v) is 5.23. The van der Waals surface area contributed by atoms with Gasteiger partial charge < -0.3 is 9.64 Å². The summed E-state index contributed by atoms with van der Waals surface area (Å²) in [7, 11) is -3.93. The number of anilines is 1. The number of sulfonamides is 1. The van der Waals surface area contributed by atoms with Gasteiger partial charge in [0, 0.05) is 24.7 Å². The van der Waals surface area contributed by atoms with Crippen LogP contribution in [0, 0.1) is 11.6 Å². The summed E-state index contributed by atoms with van der Waals surface area (Å²) in [4.78, 5) is 18.1. The van der Waals surface area contributed by atoms with Crippen LogP contribution in [-0.2, 0) is 10.0 Å². The number of nitrogens with zero attached hydrogens (tertiary/aromatic N) is 2. The number of rotatable bonds is 5. The second-order valence-corrected chi connectivity index (χ2v) is 8.88. The molecule has 1 aromatic heterocycles. The molecule has 7 nitrogen and oxygen atoms in total. The van der Waals surface area contributed by atoms with Gasteiger partial charge in [-0.05, 0) is 25.8 Å². The Labute approximate surface area is 171 Å². The smallest absolute Gasteiger partial charge is 0.267 e. The molecular weight excluding hydrogens is 428 g/mol. The van der Waals surface area contributed by atoms with Crippen LogP contribution in [0.2, 0.25) is 5.02 Å². The summed E-state index contributed by atoms with van der Waals surface area (Å²) in [5, 5.41) is 0.307. The summed E-state index contributed by atoms with van der Waals surface area (Å²) >= 11 is 6.28.